The lowest BCUT2D eigenvalue weighted by molar-refractivity contribution is -0.137. The number of likely N-dealkylation sites (tertiary alicyclic amines) is 1. The zero-order valence-corrected chi connectivity index (χ0v) is 19.9. The van der Waals surface area contributed by atoms with Gasteiger partial charge in [0.2, 0.25) is 5.91 Å². The molecule has 174 valence electrons. The lowest BCUT2D eigenvalue weighted by atomic mass is 9.86. The van der Waals surface area contributed by atoms with Gasteiger partial charge < -0.3 is 14.6 Å². The standard InChI is InChI=1S/C24H32Cl2N4O2/c25-19-5-6-20(21(26)15-19)24(32)29-12-8-17(9-13-29)3-1-2-10-28-23(31)18-4-7-22-27-11-14-30(22)16-18/h4,7,11,14,16-17,19-21H,1-3,5-6,8-10,12-13,15H2,(H,28,31). The second-order valence-corrected chi connectivity index (χ2v) is 10.3. The minimum absolute atomic E-state index is 0.0479. The second-order valence-electron chi connectivity index (χ2n) is 9.16. The SMILES string of the molecule is O=C(NCCCCC1CCN(C(=O)C2CCC(Cl)CC2Cl)CC1)c1ccc2nccn2c1. The number of hydrogen-bond acceptors (Lipinski definition) is 3. The average molecular weight is 479 g/mol. The van der Waals surface area contributed by atoms with Gasteiger partial charge in [-0.15, -0.1) is 23.2 Å². The molecule has 3 heterocycles. The van der Waals surface area contributed by atoms with E-state index in [0.29, 0.717) is 18.0 Å². The summed E-state index contributed by atoms with van der Waals surface area (Å²) >= 11 is 12.6. The second kappa shape index (κ2) is 10.9. The van der Waals surface area contributed by atoms with Gasteiger partial charge in [-0.05, 0) is 56.6 Å². The first-order valence-electron chi connectivity index (χ1n) is 11.8. The summed E-state index contributed by atoms with van der Waals surface area (Å²) in [4.78, 5) is 31.4. The highest BCUT2D eigenvalue weighted by molar-refractivity contribution is 6.24. The number of pyridine rings is 1. The van der Waals surface area contributed by atoms with Crippen molar-refractivity contribution in [2.45, 2.75) is 62.1 Å². The number of imidazole rings is 1. The summed E-state index contributed by atoms with van der Waals surface area (Å²) in [6, 6.07) is 3.66. The number of nitrogens with zero attached hydrogens (tertiary/aromatic N) is 3. The lowest BCUT2D eigenvalue weighted by Crippen LogP contribution is -2.45. The largest absolute Gasteiger partial charge is 0.352 e. The molecule has 2 fully saturated rings. The molecular weight excluding hydrogens is 447 g/mol. The summed E-state index contributed by atoms with van der Waals surface area (Å²) in [6.45, 7) is 2.35. The summed E-state index contributed by atoms with van der Waals surface area (Å²) < 4.78 is 1.85. The van der Waals surface area contributed by atoms with Crippen LogP contribution < -0.4 is 5.32 Å². The zero-order chi connectivity index (χ0) is 22.5. The third-order valence-corrected chi connectivity index (χ3v) is 7.81. The zero-order valence-electron chi connectivity index (χ0n) is 18.4. The highest BCUT2D eigenvalue weighted by Gasteiger charge is 2.36. The maximum absolute atomic E-state index is 12.9. The molecule has 0 radical (unpaired) electrons. The fourth-order valence-electron chi connectivity index (χ4n) is 4.94. The van der Waals surface area contributed by atoms with Crippen LogP contribution in [0, 0.1) is 11.8 Å². The highest BCUT2D eigenvalue weighted by atomic mass is 35.5. The first kappa shape index (κ1) is 23.4. The smallest absolute Gasteiger partial charge is 0.252 e. The summed E-state index contributed by atoms with van der Waals surface area (Å²) in [5.74, 6) is 0.766. The molecule has 1 aliphatic carbocycles. The van der Waals surface area contributed by atoms with E-state index >= 15 is 0 Å². The van der Waals surface area contributed by atoms with Crippen LogP contribution in [0.2, 0.25) is 0 Å². The molecule has 2 aliphatic rings. The van der Waals surface area contributed by atoms with Gasteiger partial charge in [0.15, 0.2) is 0 Å². The molecule has 0 aromatic carbocycles. The molecule has 4 rings (SSSR count). The van der Waals surface area contributed by atoms with Gasteiger partial charge >= 0.3 is 0 Å². The first-order valence-corrected chi connectivity index (χ1v) is 12.7. The van der Waals surface area contributed by atoms with Gasteiger partial charge in [-0.2, -0.15) is 0 Å². The fraction of sp³-hybridized carbons (Fsp3) is 0.625. The molecule has 6 nitrogen and oxygen atoms in total. The van der Waals surface area contributed by atoms with E-state index in [9.17, 15) is 9.59 Å². The number of fused-ring (bicyclic) bond motifs is 1. The minimum Gasteiger partial charge on any atom is -0.352 e. The molecular formula is C24H32Cl2N4O2. The molecule has 1 aliphatic heterocycles. The number of carbonyl (C=O) groups excluding carboxylic acids is 2. The lowest BCUT2D eigenvalue weighted by Gasteiger charge is -2.37. The Balaban J connectivity index is 1.11. The van der Waals surface area contributed by atoms with Crippen LogP contribution in [0.1, 0.15) is 61.7 Å². The van der Waals surface area contributed by atoms with Crippen molar-refractivity contribution >= 4 is 40.7 Å². The maximum atomic E-state index is 12.9. The van der Waals surface area contributed by atoms with E-state index < -0.39 is 0 Å². The third kappa shape index (κ3) is 5.76. The van der Waals surface area contributed by atoms with Crippen molar-refractivity contribution in [2.24, 2.45) is 11.8 Å². The van der Waals surface area contributed by atoms with Crippen molar-refractivity contribution in [3.8, 4) is 0 Å². The van der Waals surface area contributed by atoms with E-state index in [1.807, 2.05) is 21.6 Å². The van der Waals surface area contributed by atoms with Gasteiger partial charge in [0.05, 0.1) is 11.5 Å². The number of halogens is 2. The molecule has 0 bridgehead atoms. The Hall–Kier alpha value is -1.79. The number of aromatic nitrogens is 2. The van der Waals surface area contributed by atoms with E-state index in [4.69, 9.17) is 23.2 Å². The highest BCUT2D eigenvalue weighted by Crippen LogP contribution is 2.34. The molecule has 3 unspecified atom stereocenters. The van der Waals surface area contributed by atoms with Crippen LogP contribution >= 0.6 is 23.2 Å². The Morgan fingerprint density at radius 1 is 1.09 bits per heavy atom. The van der Waals surface area contributed by atoms with Gasteiger partial charge in [0.1, 0.15) is 5.65 Å². The van der Waals surface area contributed by atoms with Gasteiger partial charge in [-0.25, -0.2) is 4.98 Å². The molecule has 32 heavy (non-hydrogen) atoms. The Kier molecular flexibility index (Phi) is 7.95. The van der Waals surface area contributed by atoms with Crippen LogP contribution in [0.4, 0.5) is 0 Å². The predicted molar refractivity (Wildman–Crippen MR) is 127 cm³/mol. The van der Waals surface area contributed by atoms with Crippen molar-refractivity contribution < 1.29 is 9.59 Å². The van der Waals surface area contributed by atoms with Gasteiger partial charge in [0, 0.05) is 49.0 Å². The van der Waals surface area contributed by atoms with Crippen LogP contribution in [-0.2, 0) is 4.79 Å². The summed E-state index contributed by atoms with van der Waals surface area (Å²) in [7, 11) is 0. The predicted octanol–water partition coefficient (Wildman–Crippen LogP) is 4.49. The molecule has 3 atom stereocenters. The van der Waals surface area contributed by atoms with Crippen molar-refractivity contribution in [2.75, 3.05) is 19.6 Å². The monoisotopic (exact) mass is 478 g/mol. The Labute approximate surface area is 199 Å². The van der Waals surface area contributed by atoms with Crippen molar-refractivity contribution in [1.82, 2.24) is 19.6 Å². The van der Waals surface area contributed by atoms with E-state index in [-0.39, 0.29) is 28.5 Å². The summed E-state index contributed by atoms with van der Waals surface area (Å²) in [5, 5.41) is 2.99. The number of piperidine rings is 1. The Bertz CT molecular complexity index is 926. The van der Waals surface area contributed by atoms with Crippen LogP contribution in [0.3, 0.4) is 0 Å². The molecule has 1 N–H and O–H groups in total. The molecule has 8 heteroatoms. The first-order chi connectivity index (χ1) is 15.5. The number of amides is 2. The van der Waals surface area contributed by atoms with Gasteiger partial charge in [-0.3, -0.25) is 9.59 Å². The molecule has 1 saturated carbocycles. The fourth-order valence-corrected chi connectivity index (χ4v) is 5.80. The molecule has 2 amide bonds. The number of unbranched alkanes of at least 4 members (excludes halogenated alkanes) is 1. The molecule has 1 saturated heterocycles. The normalized spacial score (nSPS) is 24.6. The number of hydrogen-bond donors (Lipinski definition) is 1. The van der Waals surface area contributed by atoms with Crippen LogP contribution in [0.5, 0.6) is 0 Å². The average Bonchev–Trinajstić information content (AvgIpc) is 3.27. The number of rotatable bonds is 7. The number of alkyl halides is 2. The van der Waals surface area contributed by atoms with Crippen molar-refractivity contribution in [3.63, 3.8) is 0 Å². The quantitative estimate of drug-likeness (QED) is 0.470. The van der Waals surface area contributed by atoms with Gasteiger partial charge in [-0.1, -0.05) is 12.8 Å². The summed E-state index contributed by atoms with van der Waals surface area (Å²) in [5.41, 5.74) is 1.48. The van der Waals surface area contributed by atoms with Gasteiger partial charge in [0.25, 0.3) is 5.91 Å². The number of carbonyl (C=O) groups is 2. The summed E-state index contributed by atoms with van der Waals surface area (Å²) in [6.07, 6.45) is 13.1. The van der Waals surface area contributed by atoms with Crippen molar-refractivity contribution in [1.29, 1.82) is 0 Å². The topological polar surface area (TPSA) is 66.7 Å². The van der Waals surface area contributed by atoms with E-state index in [0.717, 1.165) is 70.1 Å². The van der Waals surface area contributed by atoms with Crippen LogP contribution in [-0.4, -0.2) is 56.5 Å². The molecule has 2 aromatic rings. The maximum Gasteiger partial charge on any atom is 0.252 e. The van der Waals surface area contributed by atoms with E-state index in [2.05, 4.69) is 10.3 Å². The third-order valence-electron chi connectivity index (χ3n) is 6.93. The van der Waals surface area contributed by atoms with Crippen LogP contribution in [0.25, 0.3) is 5.65 Å². The Morgan fingerprint density at radius 3 is 2.69 bits per heavy atom. The number of nitrogens with one attached hydrogen (secondary N) is 1. The van der Waals surface area contributed by atoms with Crippen molar-refractivity contribution in [3.05, 3.63) is 36.3 Å². The molecule has 2 aromatic heterocycles. The van der Waals surface area contributed by atoms with Crippen LogP contribution in [0.15, 0.2) is 30.7 Å². The van der Waals surface area contributed by atoms with E-state index in [1.54, 1.807) is 18.5 Å². The molecule has 0 spiro atoms. The minimum atomic E-state index is -0.131. The van der Waals surface area contributed by atoms with E-state index in [1.165, 1.54) is 0 Å². The Morgan fingerprint density at radius 2 is 1.91 bits per heavy atom.